The van der Waals surface area contributed by atoms with Crippen molar-refractivity contribution in [2.75, 3.05) is 6.54 Å². The van der Waals surface area contributed by atoms with Gasteiger partial charge < -0.3 is 11.1 Å². The van der Waals surface area contributed by atoms with E-state index in [1.54, 1.807) is 17.5 Å². The first-order valence-electron chi connectivity index (χ1n) is 7.76. The second-order valence-electron chi connectivity index (χ2n) is 5.99. The van der Waals surface area contributed by atoms with Crippen molar-refractivity contribution in [2.45, 2.75) is 31.2 Å². The number of nitrogens with one attached hydrogen (secondary N) is 1. The number of hydrogen-bond acceptors (Lipinski definition) is 6. The summed E-state index contributed by atoms with van der Waals surface area (Å²) in [6, 6.07) is 6.23. The van der Waals surface area contributed by atoms with Gasteiger partial charge in [-0.2, -0.15) is 0 Å². The third kappa shape index (κ3) is 3.29. The molecule has 24 heavy (non-hydrogen) atoms. The fourth-order valence-corrected chi connectivity index (χ4v) is 3.80. The van der Waals surface area contributed by atoms with Gasteiger partial charge in [0.15, 0.2) is 0 Å². The van der Waals surface area contributed by atoms with Gasteiger partial charge in [-0.3, -0.25) is 14.9 Å². The molecule has 7 nitrogen and oxygen atoms in total. The normalized spacial score (nSPS) is 16.0. The average Bonchev–Trinajstić information content (AvgIpc) is 3.25. The Hall–Kier alpha value is -2.32. The number of carbonyl (C=O) groups excluding carboxylic acids is 1. The lowest BCUT2D eigenvalue weighted by atomic mass is 9.98. The molecule has 3 rings (SSSR count). The summed E-state index contributed by atoms with van der Waals surface area (Å²) in [4.78, 5) is 27.2. The number of carbonyl (C=O) groups is 1. The van der Waals surface area contributed by atoms with E-state index in [9.17, 15) is 14.9 Å². The number of aromatic nitrogens is 1. The minimum absolute atomic E-state index is 0.00161. The highest BCUT2D eigenvalue weighted by molar-refractivity contribution is 7.13. The highest BCUT2D eigenvalue weighted by Crippen LogP contribution is 2.30. The Balaban J connectivity index is 1.79. The molecule has 3 N–H and O–H groups in total. The fraction of sp³-hybridized carbons (Fsp3) is 0.375. The van der Waals surface area contributed by atoms with Crippen molar-refractivity contribution < 1.29 is 9.72 Å². The number of rotatable bonds is 5. The van der Waals surface area contributed by atoms with Crippen LogP contribution in [-0.4, -0.2) is 27.9 Å². The molecule has 8 heteroatoms. The van der Waals surface area contributed by atoms with Crippen molar-refractivity contribution in [3.8, 4) is 10.6 Å². The van der Waals surface area contributed by atoms with Crippen LogP contribution in [0.1, 0.15) is 36.2 Å². The van der Waals surface area contributed by atoms with E-state index in [0.29, 0.717) is 22.8 Å². The Labute approximate surface area is 143 Å². The lowest BCUT2D eigenvalue weighted by molar-refractivity contribution is -0.384. The van der Waals surface area contributed by atoms with Crippen molar-refractivity contribution >= 4 is 22.9 Å². The second kappa shape index (κ2) is 6.66. The van der Waals surface area contributed by atoms with Crippen molar-refractivity contribution in [3.05, 3.63) is 45.5 Å². The molecule has 0 unspecified atom stereocenters. The summed E-state index contributed by atoms with van der Waals surface area (Å²) < 4.78 is 0. The molecule has 0 spiro atoms. The fourth-order valence-electron chi connectivity index (χ4n) is 3.00. The van der Waals surface area contributed by atoms with Crippen LogP contribution in [-0.2, 0) is 0 Å². The summed E-state index contributed by atoms with van der Waals surface area (Å²) in [5.41, 5.74) is 6.46. The van der Waals surface area contributed by atoms with E-state index >= 15 is 0 Å². The van der Waals surface area contributed by atoms with E-state index in [1.807, 2.05) is 0 Å². The van der Waals surface area contributed by atoms with E-state index in [0.717, 1.165) is 25.7 Å². The quantitative estimate of drug-likeness (QED) is 0.639. The standard InChI is InChI=1S/C16H18N4O3S/c17-10-16(6-1-2-7-16)19-14(21)13-9-24-15(18-13)11-4-3-5-12(8-11)20(22)23/h3-5,8-9H,1-2,6-7,10,17H2,(H,19,21). The van der Waals surface area contributed by atoms with Crippen molar-refractivity contribution in [1.29, 1.82) is 0 Å². The minimum Gasteiger partial charge on any atom is -0.344 e. The highest BCUT2D eigenvalue weighted by atomic mass is 32.1. The molecule has 0 atom stereocenters. The topological polar surface area (TPSA) is 111 Å². The van der Waals surface area contributed by atoms with Crippen molar-refractivity contribution in [1.82, 2.24) is 10.3 Å². The Kier molecular flexibility index (Phi) is 4.59. The number of hydrogen-bond donors (Lipinski definition) is 2. The number of benzene rings is 1. The van der Waals surface area contributed by atoms with Gasteiger partial charge in [0.05, 0.1) is 10.5 Å². The molecule has 126 valence electrons. The van der Waals surface area contributed by atoms with Crippen LogP contribution < -0.4 is 11.1 Å². The maximum absolute atomic E-state index is 12.5. The van der Waals surface area contributed by atoms with Gasteiger partial charge in [-0.25, -0.2) is 4.98 Å². The third-order valence-corrected chi connectivity index (χ3v) is 5.26. The van der Waals surface area contributed by atoms with Gasteiger partial charge in [0.1, 0.15) is 10.7 Å². The van der Waals surface area contributed by atoms with Gasteiger partial charge in [0.25, 0.3) is 11.6 Å². The van der Waals surface area contributed by atoms with Crippen molar-refractivity contribution in [2.24, 2.45) is 5.73 Å². The predicted octanol–water partition coefficient (Wildman–Crippen LogP) is 2.72. The number of nitrogens with two attached hydrogens (primary N) is 1. The summed E-state index contributed by atoms with van der Waals surface area (Å²) in [5, 5.41) is 16.1. The maximum Gasteiger partial charge on any atom is 0.271 e. The molecule has 1 heterocycles. The van der Waals surface area contributed by atoms with E-state index in [-0.39, 0.29) is 17.1 Å². The number of nitro groups is 1. The first-order valence-corrected chi connectivity index (χ1v) is 8.64. The lowest BCUT2D eigenvalue weighted by Crippen LogP contribution is -2.51. The number of non-ortho nitro benzene ring substituents is 1. The smallest absolute Gasteiger partial charge is 0.271 e. The Morgan fingerprint density at radius 2 is 2.17 bits per heavy atom. The molecule has 1 saturated carbocycles. The molecule has 1 amide bonds. The number of nitrogens with zero attached hydrogens (tertiary/aromatic N) is 2. The van der Waals surface area contributed by atoms with Crippen LogP contribution in [0.2, 0.25) is 0 Å². The van der Waals surface area contributed by atoms with Crippen LogP contribution in [0.5, 0.6) is 0 Å². The molecular weight excluding hydrogens is 328 g/mol. The van der Waals surface area contributed by atoms with Crippen LogP contribution in [0.3, 0.4) is 0 Å². The molecule has 1 aromatic heterocycles. The summed E-state index contributed by atoms with van der Waals surface area (Å²) in [7, 11) is 0. The summed E-state index contributed by atoms with van der Waals surface area (Å²) >= 11 is 1.29. The monoisotopic (exact) mass is 346 g/mol. The van der Waals surface area contributed by atoms with Crippen molar-refractivity contribution in [3.63, 3.8) is 0 Å². The lowest BCUT2D eigenvalue weighted by Gasteiger charge is -2.28. The first-order chi connectivity index (χ1) is 11.5. The zero-order valence-electron chi connectivity index (χ0n) is 13.0. The van der Waals surface area contributed by atoms with Gasteiger partial charge in [-0.15, -0.1) is 11.3 Å². The Morgan fingerprint density at radius 3 is 2.83 bits per heavy atom. The molecule has 1 aliphatic carbocycles. The summed E-state index contributed by atoms with van der Waals surface area (Å²) in [6.07, 6.45) is 3.90. The van der Waals surface area contributed by atoms with Crippen LogP contribution in [0.4, 0.5) is 5.69 Å². The van der Waals surface area contributed by atoms with Gasteiger partial charge in [-0.05, 0) is 12.8 Å². The van der Waals surface area contributed by atoms with Gasteiger partial charge in [0, 0.05) is 29.6 Å². The van der Waals surface area contributed by atoms with Gasteiger partial charge >= 0.3 is 0 Å². The molecule has 0 radical (unpaired) electrons. The molecule has 1 aliphatic rings. The molecular formula is C16H18N4O3S. The summed E-state index contributed by atoms with van der Waals surface area (Å²) in [6.45, 7) is 0.417. The molecule has 0 bridgehead atoms. The summed E-state index contributed by atoms with van der Waals surface area (Å²) in [5.74, 6) is -0.240. The predicted molar refractivity (Wildman–Crippen MR) is 91.9 cm³/mol. The number of nitro benzene ring substituents is 1. The number of amides is 1. The van der Waals surface area contributed by atoms with Gasteiger partial charge in [-0.1, -0.05) is 25.0 Å². The molecule has 0 aliphatic heterocycles. The SMILES string of the molecule is NCC1(NC(=O)c2csc(-c3cccc([N+](=O)[O-])c3)n2)CCCC1. The second-order valence-corrected chi connectivity index (χ2v) is 6.85. The third-order valence-electron chi connectivity index (χ3n) is 4.37. The Morgan fingerprint density at radius 1 is 1.42 bits per heavy atom. The van der Waals surface area contributed by atoms with Gasteiger partial charge in [0.2, 0.25) is 0 Å². The van der Waals surface area contributed by atoms with Crippen LogP contribution in [0.25, 0.3) is 10.6 Å². The minimum atomic E-state index is -0.449. The molecule has 0 saturated heterocycles. The molecule has 1 aromatic carbocycles. The number of thiazole rings is 1. The van der Waals surface area contributed by atoms with E-state index in [2.05, 4.69) is 10.3 Å². The van der Waals surface area contributed by atoms with Crippen LogP contribution in [0.15, 0.2) is 29.6 Å². The zero-order chi connectivity index (χ0) is 17.2. The Bertz CT molecular complexity index is 768. The van der Waals surface area contributed by atoms with Crippen LogP contribution in [0, 0.1) is 10.1 Å². The first kappa shape index (κ1) is 16.5. The van der Waals surface area contributed by atoms with E-state index in [4.69, 9.17) is 5.73 Å². The van der Waals surface area contributed by atoms with Crippen LogP contribution >= 0.6 is 11.3 Å². The highest BCUT2D eigenvalue weighted by Gasteiger charge is 2.34. The van der Waals surface area contributed by atoms with E-state index < -0.39 is 4.92 Å². The van der Waals surface area contributed by atoms with E-state index in [1.165, 1.54) is 23.5 Å². The molecule has 1 fully saturated rings. The average molecular weight is 346 g/mol. The molecule has 2 aromatic rings. The zero-order valence-corrected chi connectivity index (χ0v) is 13.8. The largest absolute Gasteiger partial charge is 0.344 e. The maximum atomic E-state index is 12.5.